The third-order valence-corrected chi connectivity index (χ3v) is 4.09. The molecule has 2 aromatic heterocycles. The van der Waals surface area contributed by atoms with Gasteiger partial charge in [-0.15, -0.1) is 0 Å². The first-order chi connectivity index (χ1) is 11.6. The molecule has 1 aromatic carbocycles. The molecule has 3 rings (SSSR count). The monoisotopic (exact) mass is 343 g/mol. The second kappa shape index (κ2) is 6.88. The smallest absolute Gasteiger partial charge is 0.255 e. The summed E-state index contributed by atoms with van der Waals surface area (Å²) in [6, 6.07) is 6.75. The number of hydrogen-bond acceptors (Lipinski definition) is 3. The molecule has 3 aromatic rings. The molecule has 0 atom stereocenters. The number of halogens is 1. The van der Waals surface area contributed by atoms with Crippen molar-refractivity contribution in [3.05, 3.63) is 64.7 Å². The Labute approximate surface area is 145 Å². The zero-order chi connectivity index (χ0) is 17.1. The molecular formula is C17H18ClN5O. The molecule has 1 amide bonds. The Balaban J connectivity index is 1.68. The van der Waals surface area contributed by atoms with Crippen LogP contribution in [0.25, 0.3) is 0 Å². The van der Waals surface area contributed by atoms with E-state index in [1.165, 1.54) is 0 Å². The van der Waals surface area contributed by atoms with Gasteiger partial charge in [-0.2, -0.15) is 10.2 Å². The Morgan fingerprint density at radius 3 is 2.62 bits per heavy atom. The van der Waals surface area contributed by atoms with Gasteiger partial charge in [0.05, 0.1) is 24.6 Å². The standard InChI is InChI=1S/C17H18ClN5O/c1-3-23-12(2)14(8-20-23)10-22-11-16(9-19-22)21-17(24)13-4-6-15(18)7-5-13/h4-9,11H,3,10H2,1-2H3,(H,21,24). The van der Waals surface area contributed by atoms with Gasteiger partial charge in [0.2, 0.25) is 0 Å². The molecule has 2 heterocycles. The van der Waals surface area contributed by atoms with Crippen LogP contribution < -0.4 is 5.32 Å². The van der Waals surface area contributed by atoms with Crippen molar-refractivity contribution in [2.45, 2.75) is 26.9 Å². The summed E-state index contributed by atoms with van der Waals surface area (Å²) in [5.41, 5.74) is 3.43. The number of nitrogens with one attached hydrogen (secondary N) is 1. The summed E-state index contributed by atoms with van der Waals surface area (Å²) in [4.78, 5) is 12.2. The van der Waals surface area contributed by atoms with Crippen molar-refractivity contribution in [3.63, 3.8) is 0 Å². The fourth-order valence-corrected chi connectivity index (χ4v) is 2.58. The van der Waals surface area contributed by atoms with Gasteiger partial charge in [0.15, 0.2) is 0 Å². The van der Waals surface area contributed by atoms with Gasteiger partial charge in [-0.25, -0.2) is 0 Å². The quantitative estimate of drug-likeness (QED) is 0.772. The maximum atomic E-state index is 12.2. The highest BCUT2D eigenvalue weighted by Crippen LogP contribution is 2.14. The number of carbonyl (C=O) groups excluding carboxylic acids is 1. The minimum absolute atomic E-state index is 0.193. The van der Waals surface area contributed by atoms with Gasteiger partial charge in [0.1, 0.15) is 0 Å². The second-order valence-corrected chi connectivity index (χ2v) is 5.90. The first-order valence-corrected chi connectivity index (χ1v) is 8.05. The largest absolute Gasteiger partial charge is 0.319 e. The second-order valence-electron chi connectivity index (χ2n) is 5.46. The summed E-state index contributed by atoms with van der Waals surface area (Å²) < 4.78 is 3.73. The van der Waals surface area contributed by atoms with Crippen LogP contribution in [0.2, 0.25) is 5.02 Å². The number of carbonyl (C=O) groups is 1. The molecule has 0 aliphatic heterocycles. The van der Waals surface area contributed by atoms with E-state index in [0.29, 0.717) is 22.8 Å². The molecule has 7 heteroatoms. The Hall–Kier alpha value is -2.60. The van der Waals surface area contributed by atoms with Gasteiger partial charge in [-0.1, -0.05) is 11.6 Å². The molecule has 0 spiro atoms. The van der Waals surface area contributed by atoms with Gasteiger partial charge in [-0.05, 0) is 38.1 Å². The van der Waals surface area contributed by atoms with E-state index in [4.69, 9.17) is 11.6 Å². The highest BCUT2D eigenvalue weighted by molar-refractivity contribution is 6.30. The van der Waals surface area contributed by atoms with Crippen LogP contribution in [0.15, 0.2) is 42.9 Å². The van der Waals surface area contributed by atoms with Crippen LogP contribution in [0, 0.1) is 6.92 Å². The molecule has 0 saturated carbocycles. The van der Waals surface area contributed by atoms with Crippen LogP contribution in [-0.2, 0) is 13.1 Å². The van der Waals surface area contributed by atoms with Crippen molar-refractivity contribution < 1.29 is 4.79 Å². The summed E-state index contributed by atoms with van der Waals surface area (Å²) in [5.74, 6) is -0.193. The average molecular weight is 344 g/mol. The highest BCUT2D eigenvalue weighted by Gasteiger charge is 2.09. The molecule has 0 bridgehead atoms. The predicted octanol–water partition coefficient (Wildman–Crippen LogP) is 3.36. The van der Waals surface area contributed by atoms with Crippen molar-refractivity contribution >= 4 is 23.2 Å². The van der Waals surface area contributed by atoms with Crippen molar-refractivity contribution in [2.75, 3.05) is 5.32 Å². The number of anilines is 1. The summed E-state index contributed by atoms with van der Waals surface area (Å²) >= 11 is 5.83. The van der Waals surface area contributed by atoms with E-state index in [1.807, 2.05) is 17.8 Å². The van der Waals surface area contributed by atoms with Gasteiger partial charge in [0.25, 0.3) is 5.91 Å². The fraction of sp³-hybridized carbons (Fsp3) is 0.235. The normalized spacial score (nSPS) is 10.8. The van der Waals surface area contributed by atoms with E-state index in [2.05, 4.69) is 22.4 Å². The minimum atomic E-state index is -0.193. The number of rotatable bonds is 5. The molecule has 0 fully saturated rings. The molecule has 0 aliphatic carbocycles. The van der Waals surface area contributed by atoms with Crippen LogP contribution in [0.3, 0.4) is 0 Å². The minimum Gasteiger partial charge on any atom is -0.319 e. The van der Waals surface area contributed by atoms with Crippen molar-refractivity contribution in [3.8, 4) is 0 Å². The Bertz CT molecular complexity index is 850. The molecule has 6 nitrogen and oxygen atoms in total. The maximum absolute atomic E-state index is 12.2. The Morgan fingerprint density at radius 2 is 1.96 bits per heavy atom. The zero-order valence-corrected chi connectivity index (χ0v) is 14.3. The van der Waals surface area contributed by atoms with Gasteiger partial charge in [0, 0.05) is 34.6 Å². The third kappa shape index (κ3) is 3.49. The fourth-order valence-electron chi connectivity index (χ4n) is 2.45. The van der Waals surface area contributed by atoms with Crippen molar-refractivity contribution in [1.82, 2.24) is 19.6 Å². The lowest BCUT2D eigenvalue weighted by Gasteiger charge is -2.03. The van der Waals surface area contributed by atoms with E-state index in [0.717, 1.165) is 17.8 Å². The number of benzene rings is 1. The predicted molar refractivity (Wildman–Crippen MR) is 93.4 cm³/mol. The van der Waals surface area contributed by atoms with Crippen molar-refractivity contribution in [2.24, 2.45) is 0 Å². The number of amides is 1. The van der Waals surface area contributed by atoms with Crippen LogP contribution in [-0.4, -0.2) is 25.5 Å². The van der Waals surface area contributed by atoms with Crippen LogP contribution in [0.4, 0.5) is 5.69 Å². The summed E-state index contributed by atoms with van der Waals surface area (Å²) in [7, 11) is 0. The Kier molecular flexibility index (Phi) is 4.66. The number of nitrogens with zero attached hydrogens (tertiary/aromatic N) is 4. The first-order valence-electron chi connectivity index (χ1n) is 7.67. The van der Waals surface area contributed by atoms with E-state index in [9.17, 15) is 4.79 Å². The van der Waals surface area contributed by atoms with Crippen molar-refractivity contribution in [1.29, 1.82) is 0 Å². The van der Waals surface area contributed by atoms with Gasteiger partial charge in [-0.3, -0.25) is 14.2 Å². The Morgan fingerprint density at radius 1 is 1.21 bits per heavy atom. The lowest BCUT2D eigenvalue weighted by Crippen LogP contribution is -2.11. The lowest BCUT2D eigenvalue weighted by atomic mass is 10.2. The van der Waals surface area contributed by atoms with Crippen LogP contribution in [0.1, 0.15) is 28.5 Å². The first kappa shape index (κ1) is 16.3. The topological polar surface area (TPSA) is 64.7 Å². The molecule has 0 saturated heterocycles. The lowest BCUT2D eigenvalue weighted by molar-refractivity contribution is 0.102. The van der Waals surface area contributed by atoms with Gasteiger partial charge >= 0.3 is 0 Å². The van der Waals surface area contributed by atoms with E-state index < -0.39 is 0 Å². The van der Waals surface area contributed by atoms with E-state index >= 15 is 0 Å². The molecule has 24 heavy (non-hydrogen) atoms. The van der Waals surface area contributed by atoms with E-state index in [-0.39, 0.29) is 5.91 Å². The molecule has 0 unspecified atom stereocenters. The maximum Gasteiger partial charge on any atom is 0.255 e. The number of hydrogen-bond donors (Lipinski definition) is 1. The SMILES string of the molecule is CCn1ncc(Cn2cc(NC(=O)c3ccc(Cl)cc3)cn2)c1C. The molecule has 1 N–H and O–H groups in total. The average Bonchev–Trinajstić information content (AvgIpc) is 3.15. The van der Waals surface area contributed by atoms with Crippen LogP contribution in [0.5, 0.6) is 0 Å². The summed E-state index contributed by atoms with van der Waals surface area (Å²) in [5, 5.41) is 12.0. The molecule has 124 valence electrons. The third-order valence-electron chi connectivity index (χ3n) is 3.83. The summed E-state index contributed by atoms with van der Waals surface area (Å²) in [6.07, 6.45) is 5.29. The summed E-state index contributed by atoms with van der Waals surface area (Å²) in [6.45, 7) is 5.55. The number of aryl methyl sites for hydroxylation is 1. The van der Waals surface area contributed by atoms with Crippen LogP contribution >= 0.6 is 11.6 Å². The molecule has 0 aliphatic rings. The highest BCUT2D eigenvalue weighted by atomic mass is 35.5. The molecular weight excluding hydrogens is 326 g/mol. The number of aromatic nitrogens is 4. The molecule has 0 radical (unpaired) electrons. The van der Waals surface area contributed by atoms with E-state index in [1.54, 1.807) is 41.3 Å². The van der Waals surface area contributed by atoms with Gasteiger partial charge < -0.3 is 5.32 Å². The zero-order valence-electron chi connectivity index (χ0n) is 13.5.